The van der Waals surface area contributed by atoms with Crippen molar-refractivity contribution >= 4 is 17.8 Å². The lowest BCUT2D eigenvalue weighted by atomic mass is 10.2. The van der Waals surface area contributed by atoms with Crippen LogP contribution in [0.4, 0.5) is 5.82 Å². The second-order valence-electron chi connectivity index (χ2n) is 3.46. The van der Waals surface area contributed by atoms with Gasteiger partial charge in [0.1, 0.15) is 11.6 Å². The molecular weight excluding hydrogens is 218 g/mol. The third-order valence-electron chi connectivity index (χ3n) is 2.29. The second kappa shape index (κ2) is 5.16. The number of carbonyl (C=O) groups excluding carboxylic acids is 1. The van der Waals surface area contributed by atoms with E-state index >= 15 is 0 Å². The Kier molecular flexibility index (Phi) is 3.40. The minimum absolute atomic E-state index is 0.222. The molecule has 2 rings (SSSR count). The molecule has 5 heteroatoms. The zero-order valence-electron chi connectivity index (χ0n) is 9.43. The number of furan rings is 1. The van der Waals surface area contributed by atoms with Crippen LogP contribution in [0.15, 0.2) is 35.1 Å². The Hall–Kier alpha value is -2.30. The van der Waals surface area contributed by atoms with E-state index in [0.717, 1.165) is 12.0 Å². The fourth-order valence-corrected chi connectivity index (χ4v) is 1.40. The summed E-state index contributed by atoms with van der Waals surface area (Å²) < 4.78 is 5.08. The van der Waals surface area contributed by atoms with E-state index in [1.807, 2.05) is 6.92 Å². The molecule has 2 N–H and O–H groups in total. The number of nitrogens with zero attached hydrogens (tertiary/aromatic N) is 1. The normalized spacial score (nSPS) is 10.9. The highest BCUT2D eigenvalue weighted by molar-refractivity contribution is 6.01. The van der Waals surface area contributed by atoms with E-state index in [2.05, 4.69) is 15.5 Å². The highest BCUT2D eigenvalue weighted by Gasteiger charge is 2.05. The molecule has 88 valence electrons. The van der Waals surface area contributed by atoms with Gasteiger partial charge < -0.3 is 9.73 Å². The number of hydrogen-bond donors (Lipinski definition) is 2. The monoisotopic (exact) mass is 231 g/mol. The molecular formula is C12H13N3O2. The first-order valence-electron chi connectivity index (χ1n) is 5.34. The van der Waals surface area contributed by atoms with Crippen molar-refractivity contribution in [2.75, 3.05) is 5.32 Å². The van der Waals surface area contributed by atoms with Crippen LogP contribution in [0.25, 0.3) is 6.08 Å². The largest absolute Gasteiger partial charge is 0.465 e. The average molecular weight is 231 g/mol. The predicted molar refractivity (Wildman–Crippen MR) is 64.3 cm³/mol. The fourth-order valence-electron chi connectivity index (χ4n) is 1.40. The minimum atomic E-state index is -0.222. The standard InChI is InChI=1S/C12H13N3O2/c1-2-9-8-13-15-12(9)14-11(16)6-5-10-4-3-7-17-10/h3-8H,2H2,1H3,(H2,13,14,15,16)/b6-5+. The summed E-state index contributed by atoms with van der Waals surface area (Å²) in [6.45, 7) is 2.00. The molecule has 0 aromatic carbocycles. The van der Waals surface area contributed by atoms with Gasteiger partial charge >= 0.3 is 0 Å². The van der Waals surface area contributed by atoms with Gasteiger partial charge in [0.2, 0.25) is 5.91 Å². The molecule has 0 bridgehead atoms. The average Bonchev–Trinajstić information content (AvgIpc) is 2.97. The van der Waals surface area contributed by atoms with Crippen LogP contribution in [-0.4, -0.2) is 16.1 Å². The van der Waals surface area contributed by atoms with Gasteiger partial charge in [-0.3, -0.25) is 9.89 Å². The minimum Gasteiger partial charge on any atom is -0.465 e. The van der Waals surface area contributed by atoms with Gasteiger partial charge in [-0.25, -0.2) is 0 Å². The maximum atomic E-state index is 11.6. The Morgan fingerprint density at radius 1 is 1.65 bits per heavy atom. The van der Waals surface area contributed by atoms with E-state index < -0.39 is 0 Å². The molecule has 17 heavy (non-hydrogen) atoms. The molecule has 0 spiro atoms. The number of amides is 1. The van der Waals surface area contributed by atoms with Crippen molar-refractivity contribution in [3.63, 3.8) is 0 Å². The van der Waals surface area contributed by atoms with E-state index in [4.69, 9.17) is 4.42 Å². The van der Waals surface area contributed by atoms with E-state index in [1.54, 1.807) is 30.7 Å². The third-order valence-corrected chi connectivity index (χ3v) is 2.29. The SMILES string of the molecule is CCc1cn[nH]c1NC(=O)/C=C/c1ccco1. The molecule has 0 atom stereocenters. The number of aromatic amines is 1. The summed E-state index contributed by atoms with van der Waals surface area (Å²) in [6, 6.07) is 3.54. The van der Waals surface area contributed by atoms with Gasteiger partial charge in [0.25, 0.3) is 0 Å². The van der Waals surface area contributed by atoms with Gasteiger partial charge in [-0.2, -0.15) is 5.10 Å². The first kappa shape index (κ1) is 11.2. The Morgan fingerprint density at radius 2 is 2.53 bits per heavy atom. The Labute approximate surface area is 98.5 Å². The molecule has 5 nitrogen and oxygen atoms in total. The van der Waals surface area contributed by atoms with Gasteiger partial charge in [0, 0.05) is 11.6 Å². The fraction of sp³-hybridized carbons (Fsp3) is 0.167. The highest BCUT2D eigenvalue weighted by atomic mass is 16.3. The molecule has 0 aliphatic heterocycles. The summed E-state index contributed by atoms with van der Waals surface area (Å²) in [4.78, 5) is 11.6. The number of H-pyrrole nitrogens is 1. The quantitative estimate of drug-likeness (QED) is 0.792. The van der Waals surface area contributed by atoms with Crippen molar-refractivity contribution in [1.82, 2.24) is 10.2 Å². The summed E-state index contributed by atoms with van der Waals surface area (Å²) in [5.41, 5.74) is 0.977. The van der Waals surface area contributed by atoms with Gasteiger partial charge in [-0.15, -0.1) is 0 Å². The number of aromatic nitrogens is 2. The second-order valence-corrected chi connectivity index (χ2v) is 3.46. The number of hydrogen-bond acceptors (Lipinski definition) is 3. The predicted octanol–water partition coefficient (Wildman–Crippen LogP) is 2.22. The summed E-state index contributed by atoms with van der Waals surface area (Å²) in [6.07, 6.45) is 7.10. The molecule has 1 amide bonds. The number of rotatable bonds is 4. The van der Waals surface area contributed by atoms with E-state index in [0.29, 0.717) is 11.6 Å². The molecule has 0 radical (unpaired) electrons. The van der Waals surface area contributed by atoms with Crippen molar-refractivity contribution in [2.24, 2.45) is 0 Å². The maximum absolute atomic E-state index is 11.6. The van der Waals surface area contributed by atoms with Crippen LogP contribution < -0.4 is 5.32 Å². The molecule has 2 aromatic heterocycles. The summed E-state index contributed by atoms with van der Waals surface area (Å²) in [5, 5.41) is 9.33. The Balaban J connectivity index is 1.98. The Bertz CT molecular complexity index is 512. The molecule has 0 saturated carbocycles. The van der Waals surface area contributed by atoms with Crippen molar-refractivity contribution in [1.29, 1.82) is 0 Å². The summed E-state index contributed by atoms with van der Waals surface area (Å²) in [7, 11) is 0. The molecule has 2 heterocycles. The van der Waals surface area contributed by atoms with Crippen molar-refractivity contribution in [2.45, 2.75) is 13.3 Å². The van der Waals surface area contributed by atoms with Crippen LogP contribution in [0.3, 0.4) is 0 Å². The molecule has 0 aliphatic carbocycles. The zero-order valence-corrected chi connectivity index (χ0v) is 9.43. The van der Waals surface area contributed by atoms with E-state index in [1.165, 1.54) is 6.08 Å². The van der Waals surface area contributed by atoms with Crippen LogP contribution in [0.2, 0.25) is 0 Å². The van der Waals surface area contributed by atoms with Crippen LogP contribution >= 0.6 is 0 Å². The van der Waals surface area contributed by atoms with Gasteiger partial charge in [-0.1, -0.05) is 6.92 Å². The first-order chi connectivity index (χ1) is 8.29. The molecule has 0 fully saturated rings. The van der Waals surface area contributed by atoms with Crippen LogP contribution in [0, 0.1) is 0 Å². The lowest BCUT2D eigenvalue weighted by Gasteiger charge is -2.00. The summed E-state index contributed by atoms with van der Waals surface area (Å²) in [5.74, 6) is 1.06. The number of carbonyl (C=O) groups is 1. The number of nitrogens with one attached hydrogen (secondary N) is 2. The molecule has 2 aromatic rings. The van der Waals surface area contributed by atoms with Gasteiger partial charge in [0.15, 0.2) is 0 Å². The van der Waals surface area contributed by atoms with Crippen LogP contribution in [-0.2, 0) is 11.2 Å². The van der Waals surface area contributed by atoms with Gasteiger partial charge in [0.05, 0.1) is 12.5 Å². The number of aryl methyl sites for hydroxylation is 1. The van der Waals surface area contributed by atoms with Crippen molar-refractivity contribution in [3.8, 4) is 0 Å². The zero-order chi connectivity index (χ0) is 12.1. The molecule has 0 saturated heterocycles. The topological polar surface area (TPSA) is 70.9 Å². The smallest absolute Gasteiger partial charge is 0.249 e. The van der Waals surface area contributed by atoms with Gasteiger partial charge in [-0.05, 0) is 24.6 Å². The van der Waals surface area contributed by atoms with E-state index in [-0.39, 0.29) is 5.91 Å². The molecule has 0 unspecified atom stereocenters. The summed E-state index contributed by atoms with van der Waals surface area (Å²) >= 11 is 0. The van der Waals surface area contributed by atoms with E-state index in [9.17, 15) is 4.79 Å². The lowest BCUT2D eigenvalue weighted by molar-refractivity contribution is -0.111. The molecule has 0 aliphatic rings. The number of anilines is 1. The Morgan fingerprint density at radius 3 is 3.24 bits per heavy atom. The third kappa shape index (κ3) is 2.84. The van der Waals surface area contributed by atoms with Crippen LogP contribution in [0.1, 0.15) is 18.2 Å². The lowest BCUT2D eigenvalue weighted by Crippen LogP contribution is -2.09. The first-order valence-corrected chi connectivity index (χ1v) is 5.34. The van der Waals surface area contributed by atoms with Crippen LogP contribution in [0.5, 0.6) is 0 Å². The maximum Gasteiger partial charge on any atom is 0.249 e. The van der Waals surface area contributed by atoms with Crippen molar-refractivity contribution in [3.05, 3.63) is 42.0 Å². The van der Waals surface area contributed by atoms with Crippen molar-refractivity contribution < 1.29 is 9.21 Å². The highest BCUT2D eigenvalue weighted by Crippen LogP contribution is 2.11.